The molecule has 0 bridgehead atoms. The van der Waals surface area contributed by atoms with Gasteiger partial charge in [-0.3, -0.25) is 0 Å². The lowest BCUT2D eigenvalue weighted by Crippen LogP contribution is -2.49. The Kier molecular flexibility index (Phi) is 4.17. The number of hydrogen-bond acceptors (Lipinski definition) is 2. The third kappa shape index (κ3) is 2.62. The summed E-state index contributed by atoms with van der Waals surface area (Å²) < 4.78 is 2.37. The van der Waals surface area contributed by atoms with Gasteiger partial charge in [0.25, 0.3) is 0 Å². The number of rotatable bonds is 2. The molecule has 1 aromatic heterocycles. The summed E-state index contributed by atoms with van der Waals surface area (Å²) in [4.78, 5) is 7.77. The first kappa shape index (κ1) is 19.2. The fourth-order valence-electron chi connectivity index (χ4n) is 7.88. The molecule has 1 aromatic carbocycles. The Bertz CT molecular complexity index is 1150. The van der Waals surface area contributed by atoms with E-state index in [1.165, 1.54) is 43.3 Å². The molecule has 6 rings (SSSR count). The molecule has 6 atom stereocenters. The van der Waals surface area contributed by atoms with Crippen molar-refractivity contribution in [1.82, 2.24) is 9.55 Å². The van der Waals surface area contributed by atoms with Crippen molar-refractivity contribution >= 4 is 16.7 Å². The Morgan fingerprint density at radius 1 is 1.06 bits per heavy atom. The molecule has 0 unspecified atom stereocenters. The van der Waals surface area contributed by atoms with Crippen LogP contribution in [0.15, 0.2) is 53.4 Å². The van der Waals surface area contributed by atoms with Gasteiger partial charge in [-0.05, 0) is 85.8 Å². The number of allylic oxidation sites excluding steroid dienone is 3. The number of azide groups is 1. The van der Waals surface area contributed by atoms with Gasteiger partial charge in [-0.1, -0.05) is 48.8 Å². The van der Waals surface area contributed by atoms with E-state index in [4.69, 9.17) is 5.53 Å². The van der Waals surface area contributed by atoms with Crippen molar-refractivity contribution in [2.75, 3.05) is 0 Å². The topological polar surface area (TPSA) is 66.6 Å². The number of aromatic nitrogens is 2. The Labute approximate surface area is 183 Å². The minimum atomic E-state index is 0.156. The Hall–Kier alpha value is -2.52. The number of nitrogens with zero attached hydrogens (tertiary/aromatic N) is 5. The molecule has 0 aliphatic heterocycles. The minimum absolute atomic E-state index is 0.156. The average molecular weight is 414 g/mol. The van der Waals surface area contributed by atoms with Gasteiger partial charge in [0, 0.05) is 22.1 Å². The van der Waals surface area contributed by atoms with E-state index >= 15 is 0 Å². The van der Waals surface area contributed by atoms with Crippen LogP contribution in [0.2, 0.25) is 0 Å². The Balaban J connectivity index is 1.33. The molecular formula is C26H31N5. The van der Waals surface area contributed by atoms with Gasteiger partial charge in [-0.15, -0.1) is 0 Å². The van der Waals surface area contributed by atoms with Crippen molar-refractivity contribution in [1.29, 1.82) is 0 Å². The lowest BCUT2D eigenvalue weighted by Gasteiger charge is -2.57. The molecule has 160 valence electrons. The van der Waals surface area contributed by atoms with Crippen LogP contribution in [0.4, 0.5) is 0 Å². The highest BCUT2D eigenvalue weighted by Gasteiger charge is 2.57. The summed E-state index contributed by atoms with van der Waals surface area (Å²) in [5.74, 6) is 2.20. The molecule has 5 nitrogen and oxygen atoms in total. The van der Waals surface area contributed by atoms with Crippen LogP contribution in [0, 0.1) is 28.6 Å². The molecule has 2 fully saturated rings. The zero-order chi connectivity index (χ0) is 21.2. The van der Waals surface area contributed by atoms with Crippen LogP contribution < -0.4 is 0 Å². The van der Waals surface area contributed by atoms with Crippen molar-refractivity contribution in [3.8, 4) is 0 Å². The Morgan fingerprint density at radius 2 is 1.90 bits per heavy atom. The van der Waals surface area contributed by atoms with E-state index < -0.39 is 0 Å². The summed E-state index contributed by atoms with van der Waals surface area (Å²) in [5.41, 5.74) is 14.8. The highest BCUT2D eigenvalue weighted by Crippen LogP contribution is 2.65. The van der Waals surface area contributed by atoms with Crippen molar-refractivity contribution < 1.29 is 0 Å². The third-order valence-electron chi connectivity index (χ3n) is 9.55. The molecule has 0 spiro atoms. The molecule has 2 aromatic rings. The monoisotopic (exact) mass is 413 g/mol. The van der Waals surface area contributed by atoms with Crippen LogP contribution >= 0.6 is 0 Å². The van der Waals surface area contributed by atoms with Gasteiger partial charge in [0.05, 0.1) is 11.0 Å². The van der Waals surface area contributed by atoms with Gasteiger partial charge in [0.2, 0.25) is 0 Å². The molecule has 0 N–H and O–H groups in total. The summed E-state index contributed by atoms with van der Waals surface area (Å²) in [6, 6.07) is 8.66. The number of para-hydroxylation sites is 2. The predicted octanol–water partition coefficient (Wildman–Crippen LogP) is 7.13. The normalized spacial score (nSPS) is 39.0. The third-order valence-corrected chi connectivity index (χ3v) is 9.55. The van der Waals surface area contributed by atoms with Crippen molar-refractivity contribution in [3.05, 3.63) is 58.8 Å². The van der Waals surface area contributed by atoms with Crippen LogP contribution in [0.3, 0.4) is 0 Å². The SMILES string of the molecule is C[C@]12CC[C@@H](N=[N+]=[N-])CC1=CC[C@@H]1[C@@H]2CC[C@]2(C)C(n3cnc4ccccc43)=CC[C@@H]12. The zero-order valence-corrected chi connectivity index (χ0v) is 18.5. The van der Waals surface area contributed by atoms with Crippen LogP contribution in [0.5, 0.6) is 0 Å². The summed E-state index contributed by atoms with van der Waals surface area (Å²) in [7, 11) is 0. The molecule has 2 saturated carbocycles. The second kappa shape index (κ2) is 6.74. The summed E-state index contributed by atoms with van der Waals surface area (Å²) in [5, 5.41) is 4.06. The summed E-state index contributed by atoms with van der Waals surface area (Å²) in [6.45, 7) is 5.03. The largest absolute Gasteiger partial charge is 0.302 e. The van der Waals surface area contributed by atoms with Crippen LogP contribution in [-0.2, 0) is 0 Å². The van der Waals surface area contributed by atoms with Crippen LogP contribution in [-0.4, -0.2) is 15.6 Å². The van der Waals surface area contributed by atoms with Gasteiger partial charge in [0.1, 0.15) is 6.33 Å². The lowest BCUT2D eigenvalue weighted by molar-refractivity contribution is -0.0126. The van der Waals surface area contributed by atoms with Gasteiger partial charge in [-0.2, -0.15) is 0 Å². The average Bonchev–Trinajstić information content (AvgIpc) is 3.34. The molecular weight excluding hydrogens is 382 g/mol. The standard InChI is InChI=1S/C26H31N5/c1-25-13-11-18(29-30-27)15-17(25)7-8-19-20-9-10-24(26(20,2)14-12-21(19)25)31-16-28-22-5-3-4-6-23(22)31/h3-7,10,16,18-21H,8-9,11-15H2,1-2H3/t18-,19+,20+,21+,25+,26+/m1/s1. The van der Waals surface area contributed by atoms with Crippen molar-refractivity contribution in [2.45, 2.75) is 64.8 Å². The summed E-state index contributed by atoms with van der Waals surface area (Å²) >= 11 is 0. The maximum absolute atomic E-state index is 8.89. The van der Waals surface area contributed by atoms with Crippen molar-refractivity contribution in [3.63, 3.8) is 0 Å². The van der Waals surface area contributed by atoms with E-state index in [2.05, 4.69) is 69.8 Å². The van der Waals surface area contributed by atoms with Crippen LogP contribution in [0.1, 0.15) is 58.8 Å². The molecule has 0 amide bonds. The van der Waals surface area contributed by atoms with E-state index in [1.54, 1.807) is 5.57 Å². The van der Waals surface area contributed by atoms with Gasteiger partial charge in [0.15, 0.2) is 0 Å². The van der Waals surface area contributed by atoms with E-state index in [0.717, 1.165) is 30.2 Å². The zero-order valence-electron chi connectivity index (χ0n) is 18.5. The molecule has 1 heterocycles. The van der Waals surface area contributed by atoms with E-state index in [1.807, 2.05) is 6.33 Å². The predicted molar refractivity (Wildman–Crippen MR) is 124 cm³/mol. The maximum atomic E-state index is 8.89. The smallest absolute Gasteiger partial charge is 0.100 e. The van der Waals surface area contributed by atoms with Crippen LogP contribution in [0.25, 0.3) is 27.2 Å². The number of benzene rings is 1. The fourth-order valence-corrected chi connectivity index (χ4v) is 7.88. The lowest BCUT2D eigenvalue weighted by atomic mass is 9.47. The van der Waals surface area contributed by atoms with E-state index in [9.17, 15) is 0 Å². The Morgan fingerprint density at radius 3 is 2.77 bits per heavy atom. The quantitative estimate of drug-likeness (QED) is 0.223. The maximum Gasteiger partial charge on any atom is 0.100 e. The fraction of sp³-hybridized carbons (Fsp3) is 0.577. The highest BCUT2D eigenvalue weighted by molar-refractivity contribution is 5.80. The van der Waals surface area contributed by atoms with E-state index in [0.29, 0.717) is 5.92 Å². The minimum Gasteiger partial charge on any atom is -0.302 e. The molecule has 5 heteroatoms. The first-order chi connectivity index (χ1) is 15.0. The second-order valence-electron chi connectivity index (χ2n) is 10.7. The number of hydrogen-bond donors (Lipinski definition) is 0. The molecule has 0 radical (unpaired) electrons. The first-order valence-corrected chi connectivity index (χ1v) is 11.9. The number of imidazole rings is 1. The van der Waals surface area contributed by atoms with E-state index in [-0.39, 0.29) is 16.9 Å². The summed E-state index contributed by atoms with van der Waals surface area (Å²) in [6.07, 6.45) is 15.2. The molecule has 4 aliphatic rings. The highest BCUT2D eigenvalue weighted by atomic mass is 15.1. The van der Waals surface area contributed by atoms with Crippen molar-refractivity contribution in [2.24, 2.45) is 33.7 Å². The molecule has 31 heavy (non-hydrogen) atoms. The van der Waals surface area contributed by atoms with Gasteiger partial charge >= 0.3 is 0 Å². The first-order valence-electron chi connectivity index (χ1n) is 11.9. The van der Waals surface area contributed by atoms with Gasteiger partial charge < -0.3 is 4.57 Å². The molecule has 4 aliphatic carbocycles. The molecule has 0 saturated heterocycles. The second-order valence-corrected chi connectivity index (χ2v) is 10.7. The number of fused-ring (bicyclic) bond motifs is 6. The van der Waals surface area contributed by atoms with Gasteiger partial charge in [-0.25, -0.2) is 4.98 Å².